The van der Waals surface area contributed by atoms with Crippen molar-refractivity contribution in [1.29, 1.82) is 0 Å². The lowest BCUT2D eigenvalue weighted by Crippen LogP contribution is -2.37. The van der Waals surface area contributed by atoms with Crippen LogP contribution < -0.4 is 5.32 Å². The molecule has 0 atom stereocenters. The zero-order chi connectivity index (χ0) is 11.2. The van der Waals surface area contributed by atoms with Gasteiger partial charge in [0.05, 0.1) is 0 Å². The molecule has 2 N–H and O–H groups in total. The van der Waals surface area contributed by atoms with Crippen molar-refractivity contribution >= 4 is 0 Å². The largest absolute Gasteiger partial charge is 0.396 e. The van der Waals surface area contributed by atoms with Crippen molar-refractivity contribution in [1.82, 2.24) is 10.2 Å². The highest BCUT2D eigenvalue weighted by molar-refractivity contribution is 4.86. The summed E-state index contributed by atoms with van der Waals surface area (Å²) in [6.45, 7) is 5.28. The number of hydrogen-bond donors (Lipinski definition) is 2. The summed E-state index contributed by atoms with van der Waals surface area (Å²) in [5.74, 6) is 0.913. The summed E-state index contributed by atoms with van der Waals surface area (Å²) < 4.78 is 0. The third-order valence-electron chi connectivity index (χ3n) is 3.87. The Hall–Kier alpha value is -0.120. The van der Waals surface area contributed by atoms with Crippen molar-refractivity contribution in [3.8, 4) is 0 Å². The number of nitrogens with zero attached hydrogens (tertiary/aromatic N) is 1. The molecule has 1 aliphatic heterocycles. The predicted molar refractivity (Wildman–Crippen MR) is 66.5 cm³/mol. The van der Waals surface area contributed by atoms with E-state index in [1.807, 2.05) is 0 Å². The van der Waals surface area contributed by atoms with Gasteiger partial charge in [0, 0.05) is 19.2 Å². The number of nitrogens with one attached hydrogen (secondary N) is 1. The van der Waals surface area contributed by atoms with Gasteiger partial charge in [0.25, 0.3) is 0 Å². The highest BCUT2D eigenvalue weighted by atomic mass is 16.2. The van der Waals surface area contributed by atoms with Crippen molar-refractivity contribution in [3.63, 3.8) is 0 Å². The van der Waals surface area contributed by atoms with E-state index in [9.17, 15) is 0 Å². The molecular weight excluding hydrogens is 200 g/mol. The highest BCUT2D eigenvalue weighted by Crippen LogP contribution is 2.29. The van der Waals surface area contributed by atoms with Gasteiger partial charge in [-0.2, -0.15) is 0 Å². The first-order valence-corrected chi connectivity index (χ1v) is 6.96. The monoisotopic (exact) mass is 226 g/mol. The van der Waals surface area contributed by atoms with E-state index in [0.717, 1.165) is 24.8 Å². The number of hydrogen-bond acceptors (Lipinski definition) is 3. The fourth-order valence-corrected chi connectivity index (χ4v) is 2.69. The highest BCUT2D eigenvalue weighted by Gasteiger charge is 2.30. The van der Waals surface area contributed by atoms with Gasteiger partial charge in [0.1, 0.15) is 0 Å². The second-order valence-electron chi connectivity index (χ2n) is 5.35. The first-order chi connectivity index (χ1) is 7.90. The normalized spacial score (nSPS) is 22.9. The number of piperidine rings is 1. The topological polar surface area (TPSA) is 35.5 Å². The Morgan fingerprint density at radius 2 is 1.81 bits per heavy atom. The third kappa shape index (κ3) is 4.04. The SMILES string of the molecule is OCCCCN(CC1CCNCC1)C1CC1. The third-order valence-corrected chi connectivity index (χ3v) is 3.87. The predicted octanol–water partition coefficient (Wildman–Crippen LogP) is 1.22. The van der Waals surface area contributed by atoms with Crippen LogP contribution in [0.2, 0.25) is 0 Å². The van der Waals surface area contributed by atoms with Crippen LogP contribution in [0.1, 0.15) is 38.5 Å². The van der Waals surface area contributed by atoms with Crippen molar-refractivity contribution < 1.29 is 5.11 Å². The van der Waals surface area contributed by atoms with Crippen LogP contribution in [0.25, 0.3) is 0 Å². The van der Waals surface area contributed by atoms with Gasteiger partial charge in [-0.15, -0.1) is 0 Å². The van der Waals surface area contributed by atoms with E-state index in [1.54, 1.807) is 0 Å². The standard InChI is InChI=1S/C13H26N2O/c16-10-2-1-9-15(13-3-4-13)11-12-5-7-14-8-6-12/h12-14,16H,1-11H2. The van der Waals surface area contributed by atoms with Gasteiger partial charge in [-0.25, -0.2) is 0 Å². The summed E-state index contributed by atoms with van der Waals surface area (Å²) in [5, 5.41) is 12.3. The van der Waals surface area contributed by atoms with Gasteiger partial charge >= 0.3 is 0 Å². The minimum absolute atomic E-state index is 0.353. The lowest BCUT2D eigenvalue weighted by molar-refractivity contribution is 0.187. The Balaban J connectivity index is 1.68. The molecule has 1 saturated carbocycles. The van der Waals surface area contributed by atoms with E-state index < -0.39 is 0 Å². The van der Waals surface area contributed by atoms with Gasteiger partial charge in [0.15, 0.2) is 0 Å². The second-order valence-corrected chi connectivity index (χ2v) is 5.35. The smallest absolute Gasteiger partial charge is 0.0431 e. The molecule has 2 aliphatic rings. The average molecular weight is 226 g/mol. The summed E-state index contributed by atoms with van der Waals surface area (Å²) in [5.41, 5.74) is 0. The van der Waals surface area contributed by atoms with Gasteiger partial charge in [-0.3, -0.25) is 0 Å². The van der Waals surface area contributed by atoms with Crippen LogP contribution in [0, 0.1) is 5.92 Å². The molecule has 16 heavy (non-hydrogen) atoms. The molecule has 3 nitrogen and oxygen atoms in total. The lowest BCUT2D eigenvalue weighted by atomic mass is 9.97. The molecule has 1 heterocycles. The Morgan fingerprint density at radius 1 is 1.06 bits per heavy atom. The molecule has 0 aromatic carbocycles. The molecule has 1 saturated heterocycles. The van der Waals surface area contributed by atoms with E-state index in [-0.39, 0.29) is 0 Å². The van der Waals surface area contributed by atoms with Crippen LogP contribution in [0.4, 0.5) is 0 Å². The Kier molecular flexibility index (Phi) is 5.07. The van der Waals surface area contributed by atoms with Gasteiger partial charge in [0.2, 0.25) is 0 Å². The summed E-state index contributed by atoms with van der Waals surface area (Å²) in [6.07, 6.45) is 7.65. The molecule has 0 bridgehead atoms. The molecule has 0 radical (unpaired) electrons. The van der Waals surface area contributed by atoms with Crippen molar-refractivity contribution in [2.45, 2.75) is 44.6 Å². The van der Waals surface area contributed by atoms with E-state index in [1.165, 1.54) is 51.9 Å². The van der Waals surface area contributed by atoms with Crippen LogP contribution in [0.3, 0.4) is 0 Å². The summed E-state index contributed by atoms with van der Waals surface area (Å²) in [6, 6.07) is 0.883. The van der Waals surface area contributed by atoms with E-state index in [2.05, 4.69) is 10.2 Å². The fraction of sp³-hybridized carbons (Fsp3) is 1.00. The van der Waals surface area contributed by atoms with E-state index in [0.29, 0.717) is 6.61 Å². The molecule has 0 amide bonds. The minimum atomic E-state index is 0.353. The van der Waals surface area contributed by atoms with Crippen molar-refractivity contribution in [2.24, 2.45) is 5.92 Å². The molecule has 2 fully saturated rings. The maximum Gasteiger partial charge on any atom is 0.0431 e. The first-order valence-electron chi connectivity index (χ1n) is 6.96. The molecule has 3 heteroatoms. The Labute approximate surface area is 99.2 Å². The number of aliphatic hydroxyl groups is 1. The minimum Gasteiger partial charge on any atom is -0.396 e. The molecule has 0 aromatic heterocycles. The molecule has 94 valence electrons. The molecule has 0 unspecified atom stereocenters. The summed E-state index contributed by atoms with van der Waals surface area (Å²) in [4.78, 5) is 2.69. The van der Waals surface area contributed by atoms with E-state index in [4.69, 9.17) is 5.11 Å². The van der Waals surface area contributed by atoms with Crippen molar-refractivity contribution in [3.05, 3.63) is 0 Å². The maximum absolute atomic E-state index is 8.83. The van der Waals surface area contributed by atoms with E-state index >= 15 is 0 Å². The maximum atomic E-state index is 8.83. The van der Waals surface area contributed by atoms with Crippen LogP contribution >= 0.6 is 0 Å². The molecular formula is C13H26N2O. The zero-order valence-electron chi connectivity index (χ0n) is 10.3. The van der Waals surface area contributed by atoms with Gasteiger partial charge < -0.3 is 15.3 Å². The quantitative estimate of drug-likeness (QED) is 0.641. The molecule has 2 rings (SSSR count). The lowest BCUT2D eigenvalue weighted by Gasteiger charge is -2.30. The Morgan fingerprint density at radius 3 is 2.44 bits per heavy atom. The van der Waals surface area contributed by atoms with Crippen molar-refractivity contribution in [2.75, 3.05) is 32.8 Å². The summed E-state index contributed by atoms with van der Waals surface area (Å²) in [7, 11) is 0. The number of aliphatic hydroxyl groups excluding tert-OH is 1. The zero-order valence-corrected chi connectivity index (χ0v) is 10.3. The molecule has 0 spiro atoms. The fourth-order valence-electron chi connectivity index (χ4n) is 2.69. The molecule has 0 aromatic rings. The van der Waals surface area contributed by atoms with Crippen LogP contribution in [-0.4, -0.2) is 48.8 Å². The van der Waals surface area contributed by atoms with Gasteiger partial charge in [-0.05, 0) is 64.1 Å². The number of rotatable bonds is 7. The average Bonchev–Trinajstić information content (AvgIpc) is 3.13. The number of unbranched alkanes of at least 4 members (excludes halogenated alkanes) is 1. The van der Waals surface area contributed by atoms with Crippen LogP contribution in [0.5, 0.6) is 0 Å². The Bertz CT molecular complexity index is 188. The molecule has 1 aliphatic carbocycles. The first kappa shape index (κ1) is 12.3. The van der Waals surface area contributed by atoms with Crippen LogP contribution in [0.15, 0.2) is 0 Å². The van der Waals surface area contributed by atoms with Gasteiger partial charge in [-0.1, -0.05) is 0 Å². The second kappa shape index (κ2) is 6.58. The summed E-state index contributed by atoms with van der Waals surface area (Å²) >= 11 is 0. The van der Waals surface area contributed by atoms with Crippen LogP contribution in [-0.2, 0) is 0 Å².